The van der Waals surface area contributed by atoms with Crippen LogP contribution < -0.4 is 5.32 Å². The summed E-state index contributed by atoms with van der Waals surface area (Å²) in [6.07, 6.45) is 7.35. The first-order chi connectivity index (χ1) is 17.3. The van der Waals surface area contributed by atoms with E-state index in [0.29, 0.717) is 25.6 Å². The van der Waals surface area contributed by atoms with Gasteiger partial charge in [-0.05, 0) is 90.8 Å². The molecule has 0 spiro atoms. The van der Waals surface area contributed by atoms with Crippen molar-refractivity contribution >= 4 is 11.8 Å². The molecule has 0 radical (unpaired) electrons. The predicted molar refractivity (Wildman–Crippen MR) is 147 cm³/mol. The Morgan fingerprint density at radius 3 is 2.05 bits per heavy atom. The molecule has 3 aliphatic rings. The molecule has 5 nitrogen and oxygen atoms in total. The van der Waals surface area contributed by atoms with Crippen LogP contribution in [0, 0.1) is 23.1 Å². The number of hydrogen-bond donors (Lipinski definition) is 1. The van der Waals surface area contributed by atoms with Gasteiger partial charge in [0, 0.05) is 43.2 Å². The fourth-order valence-electron chi connectivity index (χ4n) is 6.95. The maximum absolute atomic E-state index is 14.0. The van der Waals surface area contributed by atoms with Crippen LogP contribution in [-0.4, -0.2) is 58.9 Å². The number of nitrogens with zero attached hydrogens (tertiary/aromatic N) is 2. The molecule has 1 aromatic carbocycles. The minimum atomic E-state index is -0.381. The number of rotatable bonds is 4. The van der Waals surface area contributed by atoms with Crippen LogP contribution in [0.5, 0.6) is 0 Å². The van der Waals surface area contributed by atoms with Crippen molar-refractivity contribution in [2.45, 2.75) is 103 Å². The fraction of sp³-hybridized carbons (Fsp3) is 0.742. The molecule has 37 heavy (non-hydrogen) atoms. The zero-order valence-electron chi connectivity index (χ0n) is 23.9. The number of carbonyl (C=O) groups excluding carboxylic acids is 2. The highest BCUT2D eigenvalue weighted by molar-refractivity contribution is 5.85. The summed E-state index contributed by atoms with van der Waals surface area (Å²) in [5.74, 6) is 0.408. The summed E-state index contributed by atoms with van der Waals surface area (Å²) < 4.78 is 13.7. The van der Waals surface area contributed by atoms with Crippen LogP contribution in [0.2, 0.25) is 0 Å². The van der Waals surface area contributed by atoms with Gasteiger partial charge >= 0.3 is 0 Å². The van der Waals surface area contributed by atoms with E-state index in [1.54, 1.807) is 0 Å². The largest absolute Gasteiger partial charge is 0.351 e. The van der Waals surface area contributed by atoms with Gasteiger partial charge in [-0.15, -0.1) is 0 Å². The van der Waals surface area contributed by atoms with Gasteiger partial charge in [-0.25, -0.2) is 4.39 Å². The molecule has 2 aliphatic heterocycles. The number of benzene rings is 1. The highest BCUT2D eigenvalue weighted by atomic mass is 19.1. The van der Waals surface area contributed by atoms with Crippen molar-refractivity contribution in [3.63, 3.8) is 0 Å². The molecular formula is C31H48FN3O2. The van der Waals surface area contributed by atoms with E-state index >= 15 is 0 Å². The van der Waals surface area contributed by atoms with E-state index in [1.165, 1.54) is 31.4 Å². The molecule has 2 atom stereocenters. The molecule has 2 saturated heterocycles. The number of carbonyl (C=O) groups is 2. The average molecular weight is 514 g/mol. The van der Waals surface area contributed by atoms with Gasteiger partial charge in [-0.3, -0.25) is 14.5 Å². The normalized spacial score (nSPS) is 25.8. The number of likely N-dealkylation sites (tertiary alicyclic amines) is 2. The second-order valence-corrected chi connectivity index (χ2v) is 13.9. The van der Waals surface area contributed by atoms with Crippen LogP contribution in [0.3, 0.4) is 0 Å². The number of piperidine rings is 1. The second-order valence-electron chi connectivity index (χ2n) is 13.9. The van der Waals surface area contributed by atoms with Crippen LogP contribution in [0.1, 0.15) is 98.0 Å². The Kier molecular flexibility index (Phi) is 8.09. The van der Waals surface area contributed by atoms with E-state index in [1.807, 2.05) is 17.0 Å². The highest BCUT2D eigenvalue weighted by Crippen LogP contribution is 2.47. The molecule has 1 N–H and O–H groups in total. The standard InChI is InChI=1S/C31H48FN3O2/c1-29(2,3)33-28(37)31(23-10-8-7-9-11-23)16-18-34(19-17-31)27(36)26-21-35(30(4,5)6)20-25(26)22-12-14-24(32)15-13-22/h12-15,23,25-26H,7-11,16-21H2,1-6H3,(H,33,37)/t25-,26+/m0/s1. The molecule has 2 heterocycles. The Labute approximate surface area is 223 Å². The predicted octanol–water partition coefficient (Wildman–Crippen LogP) is 5.74. The molecule has 0 bridgehead atoms. The first-order valence-corrected chi connectivity index (χ1v) is 14.4. The molecule has 3 fully saturated rings. The Bertz CT molecular complexity index is 948. The SMILES string of the molecule is CC(C)(C)NC(=O)C1(C2CCCCC2)CCN(C(=O)[C@@H]2CN(C(C)(C)C)C[C@H]2c2ccc(F)cc2)CC1. The summed E-state index contributed by atoms with van der Waals surface area (Å²) in [5, 5.41) is 3.30. The Balaban J connectivity index is 1.53. The summed E-state index contributed by atoms with van der Waals surface area (Å²) in [6, 6.07) is 6.69. The molecular weight excluding hydrogens is 465 g/mol. The molecule has 1 aliphatic carbocycles. The lowest BCUT2D eigenvalue weighted by Crippen LogP contribution is -2.57. The van der Waals surface area contributed by atoms with E-state index in [4.69, 9.17) is 0 Å². The first kappa shape index (κ1) is 28.1. The number of amides is 2. The van der Waals surface area contributed by atoms with Gasteiger partial charge in [0.25, 0.3) is 0 Å². The maximum atomic E-state index is 14.0. The molecule has 1 aromatic rings. The van der Waals surface area contributed by atoms with Gasteiger partial charge in [0.15, 0.2) is 0 Å². The summed E-state index contributed by atoms with van der Waals surface area (Å²) in [5.41, 5.74) is 0.336. The minimum Gasteiger partial charge on any atom is -0.351 e. The summed E-state index contributed by atoms with van der Waals surface area (Å²) in [7, 11) is 0. The molecule has 6 heteroatoms. The topological polar surface area (TPSA) is 52.7 Å². The summed E-state index contributed by atoms with van der Waals surface area (Å²) in [6.45, 7) is 15.5. The average Bonchev–Trinajstić information content (AvgIpc) is 3.30. The van der Waals surface area contributed by atoms with E-state index in [9.17, 15) is 14.0 Å². The molecule has 0 unspecified atom stereocenters. The summed E-state index contributed by atoms with van der Waals surface area (Å²) >= 11 is 0. The quantitative estimate of drug-likeness (QED) is 0.558. The van der Waals surface area contributed by atoms with Crippen LogP contribution in [0.15, 0.2) is 24.3 Å². The third-order valence-electron chi connectivity index (χ3n) is 9.18. The van der Waals surface area contributed by atoms with E-state index in [0.717, 1.165) is 37.8 Å². The second kappa shape index (κ2) is 10.7. The van der Waals surface area contributed by atoms with Gasteiger partial charge in [-0.2, -0.15) is 0 Å². The lowest BCUT2D eigenvalue weighted by molar-refractivity contribution is -0.148. The zero-order chi connectivity index (χ0) is 27.0. The first-order valence-electron chi connectivity index (χ1n) is 14.4. The van der Waals surface area contributed by atoms with Gasteiger partial charge in [0.05, 0.1) is 11.3 Å². The minimum absolute atomic E-state index is 0.0431. The van der Waals surface area contributed by atoms with E-state index in [-0.39, 0.29) is 46.0 Å². The van der Waals surface area contributed by atoms with Crippen molar-refractivity contribution < 1.29 is 14.0 Å². The highest BCUT2D eigenvalue weighted by Gasteiger charge is 2.50. The Morgan fingerprint density at radius 2 is 1.51 bits per heavy atom. The third kappa shape index (κ3) is 6.21. The summed E-state index contributed by atoms with van der Waals surface area (Å²) in [4.78, 5) is 32.2. The van der Waals surface area contributed by atoms with Gasteiger partial charge in [0.2, 0.25) is 11.8 Å². The lowest BCUT2D eigenvalue weighted by atomic mass is 9.63. The zero-order valence-corrected chi connectivity index (χ0v) is 23.9. The van der Waals surface area contributed by atoms with E-state index < -0.39 is 0 Å². The Hall–Kier alpha value is -1.95. The van der Waals surface area contributed by atoms with Gasteiger partial charge in [0.1, 0.15) is 5.82 Å². The van der Waals surface area contributed by atoms with Crippen molar-refractivity contribution in [1.29, 1.82) is 0 Å². The van der Waals surface area contributed by atoms with E-state index in [2.05, 4.69) is 51.8 Å². The Morgan fingerprint density at radius 1 is 0.919 bits per heavy atom. The van der Waals surface area contributed by atoms with Crippen molar-refractivity contribution in [1.82, 2.24) is 15.1 Å². The van der Waals surface area contributed by atoms with Gasteiger partial charge < -0.3 is 10.2 Å². The van der Waals surface area contributed by atoms with Crippen molar-refractivity contribution in [3.8, 4) is 0 Å². The monoisotopic (exact) mass is 513 g/mol. The lowest BCUT2D eigenvalue weighted by Gasteiger charge is -2.48. The van der Waals surface area contributed by atoms with Crippen LogP contribution in [0.25, 0.3) is 0 Å². The van der Waals surface area contributed by atoms with Crippen LogP contribution in [0.4, 0.5) is 4.39 Å². The number of hydrogen-bond acceptors (Lipinski definition) is 3. The smallest absolute Gasteiger partial charge is 0.227 e. The molecule has 206 valence electrons. The van der Waals surface area contributed by atoms with Crippen LogP contribution >= 0.6 is 0 Å². The maximum Gasteiger partial charge on any atom is 0.227 e. The molecule has 4 rings (SSSR count). The third-order valence-corrected chi connectivity index (χ3v) is 9.18. The van der Waals surface area contributed by atoms with Crippen molar-refractivity contribution in [2.75, 3.05) is 26.2 Å². The van der Waals surface area contributed by atoms with Gasteiger partial charge in [-0.1, -0.05) is 31.4 Å². The number of nitrogens with one attached hydrogen (secondary N) is 1. The molecule has 2 amide bonds. The van der Waals surface area contributed by atoms with Crippen LogP contribution in [-0.2, 0) is 9.59 Å². The molecule has 0 aromatic heterocycles. The molecule has 1 saturated carbocycles. The van der Waals surface area contributed by atoms with Crippen molar-refractivity contribution in [3.05, 3.63) is 35.6 Å². The number of halogens is 1. The van der Waals surface area contributed by atoms with Crippen molar-refractivity contribution in [2.24, 2.45) is 17.3 Å². The fourth-order valence-corrected chi connectivity index (χ4v) is 6.95.